The maximum atomic E-state index is 8.55. The van der Waals surface area contributed by atoms with E-state index >= 15 is 0 Å². The third kappa shape index (κ3) is 15.8. The number of rotatable bonds is 14. The second-order valence-electron chi connectivity index (χ2n) is 29.9. The molecule has 0 bridgehead atoms. The third-order valence-electron chi connectivity index (χ3n) is 22.6. The van der Waals surface area contributed by atoms with Gasteiger partial charge in [-0.1, -0.05) is 315 Å². The molecule has 0 fully saturated rings. The standard InChI is InChI=1S/C50H34N2S.C34H22ClNS.C28H18BrNS.2CH4.FH/c1-3-14-37(15-4-1)49-31-32-50(53-49)39-17-11-20-42(33-39)52-47-23-10-9-22-44(47)45-34-38(27-30-48(45)52)35-25-28-41(29-26-35)51(40-18-5-2-6-19-40)46-24-12-16-36-13-7-8-21-43(36)46;35-27-16-13-23(14-17-27)25-15-18-32-30(22-25)29-11-4-5-12-31(29)36(32)28-10-6-9-26(21-28)34-20-19-33(37-34)24-7-2-1-3-8-24;29-21-13-14-26-24(18-21)23-11-4-5-12-25(23)30(26)22-10-6-9-20(17-22)28-16-15-27(31-28)19-7-2-1-3-8-19;;;/h1-34H;1-22H;1-18H;2*1H4;1H/i9D;2*4D;;;. The molecule has 0 radical (unpaired) electrons. The van der Waals surface area contributed by atoms with E-state index in [-0.39, 0.29) is 19.6 Å². The van der Waals surface area contributed by atoms with Crippen molar-refractivity contribution < 1.29 is 8.82 Å². The van der Waals surface area contributed by atoms with Crippen molar-refractivity contribution in [3.05, 3.63) is 458 Å². The van der Waals surface area contributed by atoms with Gasteiger partial charge in [-0.15, -0.1) is 34.0 Å². The van der Waals surface area contributed by atoms with E-state index in [9.17, 15) is 0 Å². The Balaban J connectivity index is 0.000000132. The topological polar surface area (TPSA) is 18.0 Å². The molecule has 6 aromatic heterocycles. The van der Waals surface area contributed by atoms with Crippen molar-refractivity contribution in [1.29, 1.82) is 0 Å². The van der Waals surface area contributed by atoms with Crippen molar-refractivity contribution in [2.45, 2.75) is 14.9 Å². The Hall–Kier alpha value is -14.0. The average Bonchev–Trinajstić information content (AvgIpc) is 1.60. The SMILES string of the molecule is C.C.F.[2H]c1ccc2c(c1)c1cc(-c3ccc(Cl)cc3)ccc1n2-c1cccc(-c2ccc(-c3ccccc3)s2)c1.[2H]c1ccc2c(c1)c1cc(-c3ccc(N(c4ccccc4)c4cccc5ccccc45)cc3)ccc1n2-c1cccc(-c2ccc(-c3ccccc3)s2)c1.[2H]c1ccc2c(c1)c1cc(Br)ccc1n2-c1cccc(-c2ccc(-c3ccccc3)s2)c1. The van der Waals surface area contributed by atoms with E-state index in [1.807, 2.05) is 94.7 Å². The quantitative estimate of drug-likeness (QED) is 0.106. The van der Waals surface area contributed by atoms with Crippen molar-refractivity contribution in [3.8, 4) is 102 Å². The molecular formula is C114H83BrClFN4S3. The van der Waals surface area contributed by atoms with E-state index in [0.717, 1.165) is 131 Å². The van der Waals surface area contributed by atoms with Gasteiger partial charge in [0.25, 0.3) is 0 Å². The van der Waals surface area contributed by atoms with Crippen LogP contribution in [0.1, 0.15) is 19.0 Å². The van der Waals surface area contributed by atoms with Gasteiger partial charge in [-0.05, 0) is 237 Å². The molecule has 10 heteroatoms. The molecule has 598 valence electrons. The molecule has 6 heterocycles. The number of hydrogen-bond acceptors (Lipinski definition) is 4. The van der Waals surface area contributed by atoms with Crippen LogP contribution in [-0.4, -0.2) is 13.7 Å². The normalized spacial score (nSPS) is 11.5. The van der Waals surface area contributed by atoms with Gasteiger partial charge < -0.3 is 18.6 Å². The Kier molecular flexibility index (Phi) is 22.2. The lowest BCUT2D eigenvalue weighted by molar-refractivity contribution is 1.11. The van der Waals surface area contributed by atoms with Crippen molar-refractivity contribution in [1.82, 2.24) is 13.7 Å². The Morgan fingerprint density at radius 2 is 0.565 bits per heavy atom. The molecule has 0 saturated carbocycles. The van der Waals surface area contributed by atoms with E-state index in [2.05, 4.69) is 405 Å². The molecule has 0 N–H and O–H groups in total. The lowest BCUT2D eigenvalue weighted by Gasteiger charge is -2.27. The van der Waals surface area contributed by atoms with Crippen LogP contribution in [0.4, 0.5) is 21.8 Å². The van der Waals surface area contributed by atoms with Crippen LogP contribution in [0.5, 0.6) is 0 Å². The first-order chi connectivity index (χ1) is 61.0. The fraction of sp³-hybridized carbons (Fsp3) is 0.0175. The van der Waals surface area contributed by atoms with Crippen LogP contribution in [0.3, 0.4) is 0 Å². The number of para-hydroxylation sites is 4. The monoisotopic (exact) mass is 1740 g/mol. The summed E-state index contributed by atoms with van der Waals surface area (Å²) in [4.78, 5) is 9.87. The molecule has 17 aromatic carbocycles. The molecule has 0 saturated heterocycles. The van der Waals surface area contributed by atoms with Gasteiger partial charge in [0.2, 0.25) is 0 Å². The van der Waals surface area contributed by atoms with Crippen LogP contribution < -0.4 is 4.90 Å². The molecule has 0 aliphatic heterocycles. The van der Waals surface area contributed by atoms with Crippen LogP contribution in [-0.2, 0) is 0 Å². The van der Waals surface area contributed by atoms with Crippen LogP contribution in [0, 0.1) is 0 Å². The molecule has 0 aliphatic carbocycles. The summed E-state index contributed by atoms with van der Waals surface area (Å²) < 4.78 is 33.0. The second-order valence-corrected chi connectivity index (χ2v) is 34.5. The summed E-state index contributed by atoms with van der Waals surface area (Å²) in [6.07, 6.45) is 0. The van der Waals surface area contributed by atoms with E-state index in [1.165, 1.54) is 73.4 Å². The zero-order chi connectivity index (χ0) is 83.3. The summed E-state index contributed by atoms with van der Waals surface area (Å²) in [5, 5.41) is 9.83. The highest BCUT2D eigenvalue weighted by Crippen LogP contribution is 2.46. The summed E-state index contributed by atoms with van der Waals surface area (Å²) >= 11 is 15.2. The van der Waals surface area contributed by atoms with Crippen molar-refractivity contribution in [2.24, 2.45) is 0 Å². The minimum atomic E-state index is 0. The zero-order valence-corrected chi connectivity index (χ0v) is 70.5. The minimum absolute atomic E-state index is 0. The fourth-order valence-electron chi connectivity index (χ4n) is 16.9. The molecule has 124 heavy (non-hydrogen) atoms. The number of anilines is 3. The summed E-state index contributed by atoms with van der Waals surface area (Å²) in [6.45, 7) is 0. The second kappa shape index (κ2) is 35.6. The fourth-order valence-corrected chi connectivity index (χ4v) is 20.4. The molecule has 23 rings (SSSR count). The number of halogens is 3. The average molecular weight is 1740 g/mol. The van der Waals surface area contributed by atoms with Gasteiger partial charge in [0.05, 0.1) is 42.9 Å². The van der Waals surface area contributed by atoms with Gasteiger partial charge in [0.15, 0.2) is 0 Å². The Labute approximate surface area is 751 Å². The number of aromatic nitrogens is 3. The summed E-state index contributed by atoms with van der Waals surface area (Å²) in [6, 6.07) is 153. The first kappa shape index (κ1) is 77.3. The van der Waals surface area contributed by atoms with Crippen molar-refractivity contribution >= 4 is 155 Å². The third-order valence-corrected chi connectivity index (χ3v) is 26.9. The molecule has 4 nitrogen and oxygen atoms in total. The number of thiophene rings is 3. The van der Waals surface area contributed by atoms with E-state index in [4.69, 9.17) is 15.7 Å². The van der Waals surface area contributed by atoms with Crippen molar-refractivity contribution in [3.63, 3.8) is 0 Å². The van der Waals surface area contributed by atoms with Gasteiger partial charge >= 0.3 is 0 Å². The number of nitrogens with zero attached hydrogens (tertiary/aromatic N) is 4. The van der Waals surface area contributed by atoms with Crippen LogP contribution >= 0.6 is 61.5 Å². The molecule has 0 amide bonds. The first-order valence-electron chi connectivity index (χ1n) is 41.8. The van der Waals surface area contributed by atoms with Gasteiger partial charge in [-0.3, -0.25) is 4.70 Å². The molecular weight excluding hydrogens is 1660 g/mol. The summed E-state index contributed by atoms with van der Waals surface area (Å²) in [5.41, 5.74) is 25.2. The Morgan fingerprint density at radius 3 is 0.992 bits per heavy atom. The predicted octanol–water partition coefficient (Wildman–Crippen LogP) is 35.3. The summed E-state index contributed by atoms with van der Waals surface area (Å²) in [7, 11) is 0. The minimum Gasteiger partial charge on any atom is -0.310 e. The van der Waals surface area contributed by atoms with Gasteiger partial charge in [0, 0.05) is 105 Å². The van der Waals surface area contributed by atoms with E-state index in [1.54, 1.807) is 0 Å². The van der Waals surface area contributed by atoms with Gasteiger partial charge in [0.1, 0.15) is 0 Å². The Bertz CT molecular complexity index is 7870. The molecule has 23 aromatic rings. The van der Waals surface area contributed by atoms with Crippen LogP contribution in [0.25, 0.3) is 178 Å². The lowest BCUT2D eigenvalue weighted by Crippen LogP contribution is -2.10. The molecule has 0 atom stereocenters. The van der Waals surface area contributed by atoms with Crippen LogP contribution in [0.15, 0.2) is 453 Å². The highest BCUT2D eigenvalue weighted by molar-refractivity contribution is 9.10. The first-order valence-corrected chi connectivity index (χ1v) is 43.9. The molecule has 0 spiro atoms. The maximum absolute atomic E-state index is 8.55. The van der Waals surface area contributed by atoms with E-state index in [0.29, 0.717) is 18.1 Å². The summed E-state index contributed by atoms with van der Waals surface area (Å²) in [5.74, 6) is 0. The van der Waals surface area contributed by atoms with Gasteiger partial charge in [-0.25, -0.2) is 0 Å². The van der Waals surface area contributed by atoms with Crippen LogP contribution in [0.2, 0.25) is 5.02 Å². The van der Waals surface area contributed by atoms with Gasteiger partial charge in [-0.2, -0.15) is 0 Å². The zero-order valence-electron chi connectivity index (χ0n) is 68.7. The highest BCUT2D eigenvalue weighted by atomic mass is 79.9. The largest absolute Gasteiger partial charge is 0.310 e. The number of benzene rings is 17. The van der Waals surface area contributed by atoms with E-state index < -0.39 is 0 Å². The molecule has 0 unspecified atom stereocenters. The maximum Gasteiger partial charge on any atom is 0.0623 e. The number of fused-ring (bicyclic) bond motifs is 10. The highest BCUT2D eigenvalue weighted by Gasteiger charge is 2.21. The van der Waals surface area contributed by atoms with Crippen molar-refractivity contribution in [2.75, 3.05) is 4.90 Å². The number of hydrogen-bond donors (Lipinski definition) is 0. The predicted molar refractivity (Wildman–Crippen MR) is 540 cm³/mol. The smallest absolute Gasteiger partial charge is 0.0623 e. The lowest BCUT2D eigenvalue weighted by atomic mass is 10.0. The Morgan fingerprint density at radius 1 is 0.242 bits per heavy atom. The molecule has 0 aliphatic rings.